The van der Waals surface area contributed by atoms with Crippen molar-refractivity contribution in [3.8, 4) is 0 Å². The van der Waals surface area contributed by atoms with E-state index in [1.165, 1.54) is 11.8 Å². The van der Waals surface area contributed by atoms with Crippen LogP contribution in [0.1, 0.15) is 13.8 Å². The predicted molar refractivity (Wildman–Crippen MR) is 72.3 cm³/mol. The zero-order chi connectivity index (χ0) is 13.5. The minimum atomic E-state index is -1.10. The lowest BCUT2D eigenvalue weighted by Gasteiger charge is -2.32. The van der Waals surface area contributed by atoms with E-state index in [4.69, 9.17) is 11.5 Å². The molecule has 1 aliphatic heterocycles. The molecular formula is C12H15N3O2S. The Labute approximate surface area is 110 Å². The third kappa shape index (κ3) is 2.21. The fourth-order valence-corrected chi connectivity index (χ4v) is 2.55. The van der Waals surface area contributed by atoms with Crippen molar-refractivity contribution in [3.05, 3.63) is 18.2 Å². The maximum absolute atomic E-state index is 12.2. The minimum absolute atomic E-state index is 0.235. The molecule has 0 bridgehead atoms. The predicted octanol–water partition coefficient (Wildman–Crippen LogP) is 0.971. The van der Waals surface area contributed by atoms with E-state index in [2.05, 4.69) is 0 Å². The summed E-state index contributed by atoms with van der Waals surface area (Å²) in [6.07, 6.45) is 0. The Morgan fingerprint density at radius 2 is 2.11 bits per heavy atom. The molecule has 0 aliphatic carbocycles. The molecule has 2 amide bonds. The van der Waals surface area contributed by atoms with Gasteiger partial charge < -0.3 is 11.5 Å². The topological polar surface area (TPSA) is 89.4 Å². The number of carbonyl (C=O) groups is 2. The van der Waals surface area contributed by atoms with Gasteiger partial charge in [-0.15, -0.1) is 11.8 Å². The highest BCUT2D eigenvalue weighted by molar-refractivity contribution is 8.00. The molecule has 5 nitrogen and oxygen atoms in total. The second-order valence-corrected chi connectivity index (χ2v) is 5.79. The summed E-state index contributed by atoms with van der Waals surface area (Å²) in [4.78, 5) is 26.2. The molecule has 1 aliphatic rings. The summed E-state index contributed by atoms with van der Waals surface area (Å²) in [6, 6.07) is 5.19. The van der Waals surface area contributed by atoms with Gasteiger partial charge in [0.15, 0.2) is 0 Å². The third-order valence-corrected chi connectivity index (χ3v) is 3.63. The van der Waals surface area contributed by atoms with Crippen molar-refractivity contribution in [1.82, 2.24) is 0 Å². The van der Waals surface area contributed by atoms with Crippen LogP contribution in [0.15, 0.2) is 23.1 Å². The van der Waals surface area contributed by atoms with Gasteiger partial charge in [-0.1, -0.05) is 0 Å². The Hall–Kier alpha value is -1.53. The molecule has 0 atom stereocenters. The first-order valence-electron chi connectivity index (χ1n) is 5.49. The Kier molecular flexibility index (Phi) is 3.08. The fourth-order valence-electron chi connectivity index (χ4n) is 1.68. The van der Waals surface area contributed by atoms with Gasteiger partial charge in [0.2, 0.25) is 5.91 Å². The van der Waals surface area contributed by atoms with Crippen LogP contribution in [0.3, 0.4) is 0 Å². The molecule has 18 heavy (non-hydrogen) atoms. The van der Waals surface area contributed by atoms with Crippen LogP contribution in [-0.4, -0.2) is 23.1 Å². The average Bonchev–Trinajstić information content (AvgIpc) is 2.26. The molecule has 1 aromatic carbocycles. The van der Waals surface area contributed by atoms with Gasteiger partial charge in [0.05, 0.1) is 17.0 Å². The van der Waals surface area contributed by atoms with E-state index in [-0.39, 0.29) is 11.7 Å². The Bertz CT molecular complexity index is 523. The first-order valence-corrected chi connectivity index (χ1v) is 6.48. The van der Waals surface area contributed by atoms with Gasteiger partial charge in [-0.2, -0.15) is 0 Å². The van der Waals surface area contributed by atoms with Crippen molar-refractivity contribution in [2.24, 2.45) is 5.73 Å². The molecular weight excluding hydrogens is 250 g/mol. The van der Waals surface area contributed by atoms with Crippen molar-refractivity contribution < 1.29 is 9.59 Å². The van der Waals surface area contributed by atoms with Crippen LogP contribution < -0.4 is 16.4 Å². The number of carbonyl (C=O) groups excluding carboxylic acids is 2. The monoisotopic (exact) mass is 265 g/mol. The number of rotatable bonds is 1. The van der Waals surface area contributed by atoms with Gasteiger partial charge >= 0.3 is 0 Å². The van der Waals surface area contributed by atoms with E-state index in [1.807, 2.05) is 6.07 Å². The summed E-state index contributed by atoms with van der Waals surface area (Å²) in [7, 11) is 0. The smallest absolute Gasteiger partial charge is 0.253 e. The van der Waals surface area contributed by atoms with Crippen LogP contribution in [0, 0.1) is 0 Å². The van der Waals surface area contributed by atoms with Gasteiger partial charge in [0.1, 0.15) is 0 Å². The summed E-state index contributed by atoms with van der Waals surface area (Å²) in [5, 5.41) is 0. The third-order valence-electron chi connectivity index (χ3n) is 2.58. The van der Waals surface area contributed by atoms with Crippen molar-refractivity contribution in [1.29, 1.82) is 0 Å². The molecule has 4 N–H and O–H groups in total. The number of hydrogen-bond acceptors (Lipinski definition) is 5. The normalized spacial score (nSPS) is 15.5. The van der Waals surface area contributed by atoms with Gasteiger partial charge in [0.25, 0.3) is 5.91 Å². The van der Waals surface area contributed by atoms with Gasteiger partial charge in [-0.3, -0.25) is 9.59 Å². The zero-order valence-electron chi connectivity index (χ0n) is 10.3. The molecule has 2 rings (SSSR count). The Morgan fingerprint density at radius 3 is 2.72 bits per heavy atom. The average molecular weight is 265 g/mol. The van der Waals surface area contributed by atoms with Gasteiger partial charge in [-0.25, -0.2) is 4.90 Å². The lowest BCUT2D eigenvalue weighted by Crippen LogP contribution is -2.54. The second-order valence-electron chi connectivity index (χ2n) is 4.77. The second kappa shape index (κ2) is 4.29. The van der Waals surface area contributed by atoms with Crippen molar-refractivity contribution >= 4 is 35.0 Å². The minimum Gasteiger partial charge on any atom is -0.399 e. The number of hydrogen-bond donors (Lipinski definition) is 2. The Morgan fingerprint density at radius 1 is 1.44 bits per heavy atom. The van der Waals surface area contributed by atoms with Crippen molar-refractivity contribution in [3.63, 3.8) is 0 Å². The first-order chi connectivity index (χ1) is 8.30. The molecule has 0 unspecified atom stereocenters. The maximum atomic E-state index is 12.2. The van der Waals surface area contributed by atoms with Crippen LogP contribution >= 0.6 is 11.8 Å². The largest absolute Gasteiger partial charge is 0.399 e. The van der Waals surface area contributed by atoms with Gasteiger partial charge in [-0.05, 0) is 32.0 Å². The number of anilines is 2. The fraction of sp³-hybridized carbons (Fsp3) is 0.333. The number of nitrogen functional groups attached to an aromatic ring is 1. The van der Waals surface area contributed by atoms with E-state index in [0.29, 0.717) is 11.4 Å². The number of thioether (sulfide) groups is 1. The van der Waals surface area contributed by atoms with Crippen LogP contribution in [0.5, 0.6) is 0 Å². The molecule has 1 aromatic rings. The van der Waals surface area contributed by atoms with Crippen LogP contribution in [0.25, 0.3) is 0 Å². The molecule has 1 heterocycles. The molecule has 6 heteroatoms. The highest BCUT2D eigenvalue weighted by Gasteiger charge is 2.36. The molecule has 0 saturated heterocycles. The number of nitrogens with zero attached hydrogens (tertiary/aromatic N) is 1. The van der Waals surface area contributed by atoms with E-state index < -0.39 is 11.4 Å². The number of nitrogens with two attached hydrogens (primary N) is 2. The lowest BCUT2D eigenvalue weighted by molar-refractivity contribution is -0.128. The van der Waals surface area contributed by atoms with E-state index in [0.717, 1.165) is 9.80 Å². The van der Waals surface area contributed by atoms with Gasteiger partial charge in [0, 0.05) is 10.6 Å². The zero-order valence-corrected chi connectivity index (χ0v) is 11.1. The highest BCUT2D eigenvalue weighted by Crippen LogP contribution is 2.37. The standard InChI is InChI=1S/C12H15N3O2S/c1-12(2,14)11(17)15-8-5-7(13)3-4-9(8)18-6-10(15)16/h3-5H,6,13-14H2,1-2H3. The van der Waals surface area contributed by atoms with Crippen molar-refractivity contribution in [2.45, 2.75) is 24.3 Å². The molecule has 96 valence electrons. The summed E-state index contributed by atoms with van der Waals surface area (Å²) in [5.41, 5.74) is 11.4. The lowest BCUT2D eigenvalue weighted by atomic mass is 10.0. The number of imide groups is 1. The molecule has 0 fully saturated rings. The number of amides is 2. The van der Waals surface area contributed by atoms with E-state index in [1.54, 1.807) is 26.0 Å². The van der Waals surface area contributed by atoms with Crippen LogP contribution in [0.2, 0.25) is 0 Å². The van der Waals surface area contributed by atoms with Crippen LogP contribution in [0.4, 0.5) is 11.4 Å². The Balaban J connectivity index is 2.51. The van der Waals surface area contributed by atoms with Crippen molar-refractivity contribution in [2.75, 3.05) is 16.4 Å². The van der Waals surface area contributed by atoms with E-state index in [9.17, 15) is 9.59 Å². The molecule has 0 spiro atoms. The maximum Gasteiger partial charge on any atom is 0.253 e. The summed E-state index contributed by atoms with van der Waals surface area (Å²) >= 11 is 1.40. The highest BCUT2D eigenvalue weighted by atomic mass is 32.2. The van der Waals surface area contributed by atoms with Crippen LogP contribution in [-0.2, 0) is 9.59 Å². The molecule has 0 aromatic heterocycles. The van der Waals surface area contributed by atoms with E-state index >= 15 is 0 Å². The number of benzene rings is 1. The molecule has 0 radical (unpaired) electrons. The SMILES string of the molecule is CC(C)(N)C(=O)N1C(=O)CSc2ccc(N)cc21. The summed E-state index contributed by atoms with van der Waals surface area (Å²) < 4.78 is 0. The quantitative estimate of drug-likeness (QED) is 0.739. The summed E-state index contributed by atoms with van der Waals surface area (Å²) in [6.45, 7) is 3.16. The summed E-state index contributed by atoms with van der Waals surface area (Å²) in [5.74, 6) is -0.445. The molecule has 0 saturated carbocycles. The number of fused-ring (bicyclic) bond motifs is 1. The first kappa shape index (κ1) is 12.9.